The van der Waals surface area contributed by atoms with Crippen LogP contribution in [0.1, 0.15) is 45.0 Å². The average Bonchev–Trinajstić information content (AvgIpc) is 2.54. The first-order valence-corrected chi connectivity index (χ1v) is 6.81. The predicted molar refractivity (Wildman–Crippen MR) is 75.0 cm³/mol. The summed E-state index contributed by atoms with van der Waals surface area (Å²) in [6, 6.07) is -0.0661. The van der Waals surface area contributed by atoms with Gasteiger partial charge in [0.15, 0.2) is 0 Å². The van der Waals surface area contributed by atoms with Gasteiger partial charge in [0.25, 0.3) is 0 Å². The molecule has 0 radical (unpaired) electrons. The Morgan fingerprint density at radius 3 is 2.58 bits per heavy atom. The van der Waals surface area contributed by atoms with E-state index in [-0.39, 0.29) is 16.7 Å². The summed E-state index contributed by atoms with van der Waals surface area (Å²) in [7, 11) is 1.75. The van der Waals surface area contributed by atoms with Crippen LogP contribution in [0, 0.1) is 16.0 Å². The molecular weight excluding hydrogens is 244 g/mol. The van der Waals surface area contributed by atoms with E-state index in [0.717, 1.165) is 12.8 Å². The molecule has 1 atom stereocenters. The minimum Gasteiger partial charge on any atom is -0.327 e. The van der Waals surface area contributed by atoms with Crippen molar-refractivity contribution in [1.82, 2.24) is 9.78 Å². The molecule has 0 spiro atoms. The van der Waals surface area contributed by atoms with Gasteiger partial charge in [-0.1, -0.05) is 27.2 Å². The number of nitro groups is 1. The molecule has 1 aromatic heterocycles. The van der Waals surface area contributed by atoms with E-state index in [1.807, 2.05) is 6.92 Å². The minimum atomic E-state index is -0.324. The fourth-order valence-corrected chi connectivity index (χ4v) is 2.39. The first kappa shape index (κ1) is 15.6. The van der Waals surface area contributed by atoms with Gasteiger partial charge in [0.1, 0.15) is 11.4 Å². The predicted octanol–water partition coefficient (Wildman–Crippen LogP) is 2.20. The van der Waals surface area contributed by atoms with Gasteiger partial charge in [0.05, 0.1) is 4.92 Å². The van der Waals surface area contributed by atoms with Crippen molar-refractivity contribution >= 4 is 5.69 Å². The summed E-state index contributed by atoms with van der Waals surface area (Å²) in [5.41, 5.74) is 7.43. The van der Waals surface area contributed by atoms with Crippen molar-refractivity contribution in [3.05, 3.63) is 21.5 Å². The van der Waals surface area contributed by atoms with E-state index in [1.54, 1.807) is 11.7 Å². The van der Waals surface area contributed by atoms with Crippen LogP contribution in [0.5, 0.6) is 0 Å². The summed E-state index contributed by atoms with van der Waals surface area (Å²) in [6.45, 7) is 6.18. The van der Waals surface area contributed by atoms with Gasteiger partial charge in [0, 0.05) is 19.5 Å². The molecule has 0 fully saturated rings. The first-order valence-electron chi connectivity index (χ1n) is 6.81. The maximum absolute atomic E-state index is 11.2. The maximum Gasteiger partial charge on any atom is 0.313 e. The third-order valence-corrected chi connectivity index (χ3v) is 3.11. The minimum absolute atomic E-state index is 0.0661. The lowest BCUT2D eigenvalue weighted by Crippen LogP contribution is -2.26. The van der Waals surface area contributed by atoms with Gasteiger partial charge in [0.2, 0.25) is 0 Å². The number of aryl methyl sites for hydroxylation is 2. The molecule has 0 aliphatic carbocycles. The largest absolute Gasteiger partial charge is 0.327 e. The van der Waals surface area contributed by atoms with Crippen molar-refractivity contribution in [1.29, 1.82) is 0 Å². The zero-order valence-electron chi connectivity index (χ0n) is 12.2. The Labute approximate surface area is 114 Å². The van der Waals surface area contributed by atoms with E-state index in [1.165, 1.54) is 0 Å². The van der Waals surface area contributed by atoms with Crippen LogP contribution < -0.4 is 5.73 Å². The molecule has 108 valence electrons. The summed E-state index contributed by atoms with van der Waals surface area (Å²) >= 11 is 0. The summed E-state index contributed by atoms with van der Waals surface area (Å²) in [5.74, 6) is 0.484. The van der Waals surface area contributed by atoms with Gasteiger partial charge in [-0.15, -0.1) is 0 Å². The van der Waals surface area contributed by atoms with Crippen molar-refractivity contribution in [3.8, 4) is 0 Å². The Hall–Kier alpha value is -1.43. The highest BCUT2D eigenvalue weighted by Gasteiger charge is 2.27. The Morgan fingerprint density at radius 1 is 1.47 bits per heavy atom. The molecule has 19 heavy (non-hydrogen) atoms. The SMILES string of the molecule is CCCc1nn(C)c(CC(N)CC(C)C)c1[N+](=O)[O-]. The summed E-state index contributed by atoms with van der Waals surface area (Å²) < 4.78 is 1.61. The number of hydrogen-bond donors (Lipinski definition) is 1. The third kappa shape index (κ3) is 4.02. The Kier molecular flexibility index (Phi) is 5.47. The molecule has 0 amide bonds. The van der Waals surface area contributed by atoms with Crippen LogP contribution in [0.3, 0.4) is 0 Å². The summed E-state index contributed by atoms with van der Waals surface area (Å²) in [5, 5.41) is 15.5. The third-order valence-electron chi connectivity index (χ3n) is 3.11. The van der Waals surface area contributed by atoms with Crippen LogP contribution in [0.15, 0.2) is 0 Å². The van der Waals surface area contributed by atoms with Gasteiger partial charge < -0.3 is 5.73 Å². The highest BCUT2D eigenvalue weighted by Crippen LogP contribution is 2.26. The van der Waals surface area contributed by atoms with Gasteiger partial charge in [-0.25, -0.2) is 0 Å². The monoisotopic (exact) mass is 268 g/mol. The number of rotatable bonds is 7. The molecule has 0 aromatic carbocycles. The van der Waals surface area contributed by atoms with E-state index in [2.05, 4.69) is 18.9 Å². The van der Waals surface area contributed by atoms with Crippen LogP contribution >= 0.6 is 0 Å². The molecule has 0 aliphatic heterocycles. The number of nitrogens with zero attached hydrogens (tertiary/aromatic N) is 3. The van der Waals surface area contributed by atoms with Crippen molar-refractivity contribution in [2.24, 2.45) is 18.7 Å². The van der Waals surface area contributed by atoms with Crippen molar-refractivity contribution in [3.63, 3.8) is 0 Å². The van der Waals surface area contributed by atoms with Crippen LogP contribution in [0.2, 0.25) is 0 Å². The molecule has 0 saturated heterocycles. The summed E-state index contributed by atoms with van der Waals surface area (Å²) in [4.78, 5) is 10.9. The second kappa shape index (κ2) is 6.65. The smallest absolute Gasteiger partial charge is 0.313 e. The van der Waals surface area contributed by atoms with Crippen molar-refractivity contribution < 1.29 is 4.92 Å². The lowest BCUT2D eigenvalue weighted by Gasteiger charge is -2.13. The van der Waals surface area contributed by atoms with Gasteiger partial charge in [-0.3, -0.25) is 14.8 Å². The standard InChI is InChI=1S/C13H24N4O2/c1-5-6-11-13(17(18)19)12(16(4)15-11)8-10(14)7-9(2)3/h9-10H,5-8,14H2,1-4H3. The number of aromatic nitrogens is 2. The molecule has 1 rings (SSSR count). The van der Waals surface area contributed by atoms with Crippen LogP contribution in [-0.4, -0.2) is 20.7 Å². The van der Waals surface area contributed by atoms with E-state index in [9.17, 15) is 10.1 Å². The Balaban J connectivity index is 3.01. The molecule has 2 N–H and O–H groups in total. The molecule has 6 heteroatoms. The highest BCUT2D eigenvalue weighted by molar-refractivity contribution is 5.41. The zero-order chi connectivity index (χ0) is 14.6. The number of nitrogens with two attached hydrogens (primary N) is 1. The van der Waals surface area contributed by atoms with E-state index >= 15 is 0 Å². The van der Waals surface area contributed by atoms with Gasteiger partial charge >= 0.3 is 5.69 Å². The van der Waals surface area contributed by atoms with E-state index < -0.39 is 0 Å². The van der Waals surface area contributed by atoms with E-state index in [4.69, 9.17) is 5.73 Å². The lowest BCUT2D eigenvalue weighted by atomic mass is 9.99. The molecule has 0 aliphatic rings. The lowest BCUT2D eigenvalue weighted by molar-refractivity contribution is -0.386. The van der Waals surface area contributed by atoms with Crippen molar-refractivity contribution in [2.75, 3.05) is 0 Å². The van der Waals surface area contributed by atoms with Crippen LogP contribution in [0.25, 0.3) is 0 Å². The fourth-order valence-electron chi connectivity index (χ4n) is 2.39. The molecule has 0 saturated carbocycles. The molecule has 0 bridgehead atoms. The van der Waals surface area contributed by atoms with Crippen molar-refractivity contribution in [2.45, 2.75) is 52.5 Å². The normalized spacial score (nSPS) is 12.9. The second-order valence-electron chi connectivity index (χ2n) is 5.47. The molecule has 1 aromatic rings. The van der Waals surface area contributed by atoms with Gasteiger partial charge in [-0.05, 0) is 18.8 Å². The quantitative estimate of drug-likeness (QED) is 0.606. The van der Waals surface area contributed by atoms with Crippen LogP contribution in [-0.2, 0) is 19.9 Å². The van der Waals surface area contributed by atoms with Crippen LogP contribution in [0.4, 0.5) is 5.69 Å². The Bertz CT molecular complexity index is 440. The second-order valence-corrected chi connectivity index (χ2v) is 5.47. The average molecular weight is 268 g/mol. The Morgan fingerprint density at radius 2 is 2.11 bits per heavy atom. The molecular formula is C13H24N4O2. The van der Waals surface area contributed by atoms with Gasteiger partial charge in [-0.2, -0.15) is 5.10 Å². The first-order chi connectivity index (χ1) is 8.86. The fraction of sp³-hybridized carbons (Fsp3) is 0.769. The van der Waals surface area contributed by atoms with E-state index in [0.29, 0.717) is 30.1 Å². The number of hydrogen-bond acceptors (Lipinski definition) is 4. The molecule has 6 nitrogen and oxygen atoms in total. The molecule has 1 unspecified atom stereocenters. The molecule has 1 heterocycles. The summed E-state index contributed by atoms with van der Waals surface area (Å²) in [6.07, 6.45) is 2.83. The maximum atomic E-state index is 11.2. The highest BCUT2D eigenvalue weighted by atomic mass is 16.6. The topological polar surface area (TPSA) is 87.0 Å². The zero-order valence-corrected chi connectivity index (χ0v) is 12.2.